The molecule has 1 unspecified atom stereocenters. The van der Waals surface area contributed by atoms with Crippen molar-refractivity contribution in [3.05, 3.63) is 36.0 Å². The van der Waals surface area contributed by atoms with Gasteiger partial charge in [-0.15, -0.1) is 0 Å². The lowest BCUT2D eigenvalue weighted by molar-refractivity contribution is 0.425. The van der Waals surface area contributed by atoms with Crippen molar-refractivity contribution in [3.63, 3.8) is 0 Å². The van der Waals surface area contributed by atoms with Crippen LogP contribution in [0.4, 0.5) is 0 Å². The van der Waals surface area contributed by atoms with E-state index < -0.39 is 0 Å². The highest BCUT2D eigenvalue weighted by Gasteiger charge is 2.11. The average Bonchev–Trinajstić information content (AvgIpc) is 2.79. The minimum atomic E-state index is 0.153. The van der Waals surface area contributed by atoms with E-state index in [1.54, 1.807) is 0 Å². The van der Waals surface area contributed by atoms with Crippen LogP contribution in [0.3, 0.4) is 0 Å². The molecule has 0 radical (unpaired) electrons. The predicted octanol–water partition coefficient (Wildman–Crippen LogP) is 4.97. The Hall–Kier alpha value is -1.28. The van der Waals surface area contributed by atoms with Crippen LogP contribution in [0.1, 0.15) is 53.0 Å². The zero-order valence-electron chi connectivity index (χ0n) is 14.2. The van der Waals surface area contributed by atoms with Crippen molar-refractivity contribution >= 4 is 10.9 Å². The van der Waals surface area contributed by atoms with E-state index in [0.29, 0.717) is 0 Å². The Morgan fingerprint density at radius 1 is 1.19 bits per heavy atom. The molecule has 0 fully saturated rings. The first-order valence-corrected chi connectivity index (χ1v) is 8.22. The van der Waals surface area contributed by atoms with Gasteiger partial charge in [-0.2, -0.15) is 0 Å². The normalized spacial score (nSPS) is 13.8. The number of hydrogen-bond acceptors (Lipinski definition) is 1. The topological polar surface area (TPSA) is 17.0 Å². The molecular formula is C19H30N2. The molecule has 1 atom stereocenters. The van der Waals surface area contributed by atoms with Crippen molar-refractivity contribution in [2.45, 2.75) is 66.1 Å². The molecule has 2 heteroatoms. The maximum atomic E-state index is 3.59. The van der Waals surface area contributed by atoms with E-state index in [2.05, 4.69) is 75.0 Å². The summed E-state index contributed by atoms with van der Waals surface area (Å²) in [6.07, 6.45) is 4.81. The molecule has 0 aliphatic rings. The maximum Gasteiger partial charge on any atom is 0.0483 e. The maximum absolute atomic E-state index is 3.59. The third kappa shape index (κ3) is 4.34. The van der Waals surface area contributed by atoms with E-state index in [0.717, 1.165) is 19.0 Å². The van der Waals surface area contributed by atoms with Crippen LogP contribution in [0.15, 0.2) is 30.5 Å². The fourth-order valence-corrected chi connectivity index (χ4v) is 2.88. The lowest BCUT2D eigenvalue weighted by atomic mass is 10.1. The van der Waals surface area contributed by atoms with Gasteiger partial charge in [0.15, 0.2) is 0 Å². The Morgan fingerprint density at radius 3 is 2.62 bits per heavy atom. The molecule has 0 saturated heterocycles. The second-order valence-electron chi connectivity index (χ2n) is 7.32. The largest absolute Gasteiger partial charge is 0.347 e. The number of nitrogens with one attached hydrogen (secondary N) is 1. The number of fused-ring (bicyclic) bond motifs is 1. The summed E-state index contributed by atoms with van der Waals surface area (Å²) in [7, 11) is 0. The highest BCUT2D eigenvalue weighted by molar-refractivity contribution is 5.83. The molecule has 0 spiro atoms. The fourth-order valence-electron chi connectivity index (χ4n) is 2.88. The fraction of sp³-hybridized carbons (Fsp3) is 0.579. The highest BCUT2D eigenvalue weighted by Crippen LogP contribution is 2.22. The van der Waals surface area contributed by atoms with Crippen molar-refractivity contribution in [1.82, 2.24) is 9.88 Å². The molecule has 2 nitrogen and oxygen atoms in total. The van der Waals surface area contributed by atoms with E-state index in [4.69, 9.17) is 0 Å². The Labute approximate surface area is 129 Å². The van der Waals surface area contributed by atoms with Crippen molar-refractivity contribution in [2.24, 2.45) is 5.92 Å². The first-order chi connectivity index (χ1) is 9.90. The van der Waals surface area contributed by atoms with Crippen LogP contribution >= 0.6 is 0 Å². The molecule has 0 aliphatic heterocycles. The molecule has 1 aromatic carbocycles. The molecule has 1 heterocycles. The van der Waals surface area contributed by atoms with Gasteiger partial charge >= 0.3 is 0 Å². The van der Waals surface area contributed by atoms with E-state index >= 15 is 0 Å². The quantitative estimate of drug-likeness (QED) is 0.793. The smallest absolute Gasteiger partial charge is 0.0483 e. The molecule has 1 N–H and O–H groups in total. The molecule has 0 bridgehead atoms. The van der Waals surface area contributed by atoms with Crippen molar-refractivity contribution < 1.29 is 0 Å². The molecule has 2 rings (SSSR count). The summed E-state index contributed by atoms with van der Waals surface area (Å²) < 4.78 is 2.41. The van der Waals surface area contributed by atoms with Crippen molar-refractivity contribution in [1.29, 1.82) is 0 Å². The van der Waals surface area contributed by atoms with Crippen molar-refractivity contribution in [2.75, 3.05) is 0 Å². The van der Waals surface area contributed by atoms with E-state index in [1.165, 1.54) is 29.3 Å². The van der Waals surface area contributed by atoms with Gasteiger partial charge in [0, 0.05) is 35.7 Å². The van der Waals surface area contributed by atoms with Crippen LogP contribution in [0.5, 0.6) is 0 Å². The molecule has 0 amide bonds. The van der Waals surface area contributed by atoms with Gasteiger partial charge in [0.1, 0.15) is 0 Å². The second-order valence-corrected chi connectivity index (χ2v) is 7.32. The van der Waals surface area contributed by atoms with Crippen LogP contribution in [0.2, 0.25) is 0 Å². The monoisotopic (exact) mass is 286 g/mol. The number of benzene rings is 1. The first-order valence-electron chi connectivity index (χ1n) is 8.22. The lowest BCUT2D eigenvalue weighted by Crippen LogP contribution is -2.35. The van der Waals surface area contributed by atoms with E-state index in [9.17, 15) is 0 Å². The number of hydrogen-bond donors (Lipinski definition) is 1. The number of nitrogens with zero attached hydrogens (tertiary/aromatic N) is 1. The Morgan fingerprint density at radius 2 is 1.95 bits per heavy atom. The summed E-state index contributed by atoms with van der Waals surface area (Å²) in [6.45, 7) is 13.3. The summed E-state index contributed by atoms with van der Waals surface area (Å²) in [4.78, 5) is 0. The third-order valence-corrected chi connectivity index (χ3v) is 4.00. The Bertz CT molecular complexity index is 575. The average molecular weight is 286 g/mol. The minimum Gasteiger partial charge on any atom is -0.347 e. The van der Waals surface area contributed by atoms with Gasteiger partial charge in [0.2, 0.25) is 0 Å². The lowest BCUT2D eigenvalue weighted by Gasteiger charge is -2.21. The van der Waals surface area contributed by atoms with Crippen LogP contribution < -0.4 is 5.32 Å². The van der Waals surface area contributed by atoms with Gasteiger partial charge in [-0.05, 0) is 50.8 Å². The summed E-state index contributed by atoms with van der Waals surface area (Å²) in [5.41, 5.74) is 2.91. The SMILES string of the molecule is CCCC(C)Cn1ccc2c(CNC(C)(C)C)cccc21. The summed E-state index contributed by atoms with van der Waals surface area (Å²) >= 11 is 0. The molecule has 0 saturated carbocycles. The van der Waals surface area contributed by atoms with Crippen LogP contribution in [-0.4, -0.2) is 10.1 Å². The summed E-state index contributed by atoms with van der Waals surface area (Å²) in [5, 5.41) is 4.98. The first kappa shape index (κ1) is 16.1. The molecule has 2 aromatic rings. The van der Waals surface area contributed by atoms with E-state index in [-0.39, 0.29) is 5.54 Å². The number of aromatic nitrogens is 1. The standard InChI is InChI=1S/C19H30N2/c1-6-8-15(2)14-21-12-11-17-16(9-7-10-18(17)21)13-20-19(3,4)5/h7,9-12,15,20H,6,8,13-14H2,1-5H3. The molecular weight excluding hydrogens is 256 g/mol. The zero-order chi connectivity index (χ0) is 15.5. The van der Waals surface area contributed by atoms with Gasteiger partial charge in [0.25, 0.3) is 0 Å². The molecule has 116 valence electrons. The van der Waals surface area contributed by atoms with Gasteiger partial charge in [-0.3, -0.25) is 0 Å². The Balaban J connectivity index is 2.20. The summed E-state index contributed by atoms with van der Waals surface area (Å²) in [5.74, 6) is 0.738. The van der Waals surface area contributed by atoms with Crippen LogP contribution in [-0.2, 0) is 13.1 Å². The van der Waals surface area contributed by atoms with Gasteiger partial charge < -0.3 is 9.88 Å². The van der Waals surface area contributed by atoms with Gasteiger partial charge in [-0.1, -0.05) is 32.4 Å². The van der Waals surface area contributed by atoms with Crippen molar-refractivity contribution in [3.8, 4) is 0 Å². The predicted molar refractivity (Wildman–Crippen MR) is 92.6 cm³/mol. The minimum absolute atomic E-state index is 0.153. The molecule has 21 heavy (non-hydrogen) atoms. The number of rotatable bonds is 6. The molecule has 1 aromatic heterocycles. The zero-order valence-corrected chi connectivity index (χ0v) is 14.2. The molecule has 0 aliphatic carbocycles. The Kier molecular flexibility index (Phi) is 5.10. The summed E-state index contributed by atoms with van der Waals surface area (Å²) in [6, 6.07) is 8.94. The van der Waals surface area contributed by atoms with Crippen LogP contribution in [0, 0.1) is 5.92 Å². The highest BCUT2D eigenvalue weighted by atomic mass is 15.0. The third-order valence-electron chi connectivity index (χ3n) is 4.00. The van der Waals surface area contributed by atoms with E-state index in [1.807, 2.05) is 0 Å². The van der Waals surface area contributed by atoms with Gasteiger partial charge in [-0.25, -0.2) is 0 Å². The van der Waals surface area contributed by atoms with Gasteiger partial charge in [0.05, 0.1) is 0 Å². The second kappa shape index (κ2) is 6.65. The van der Waals surface area contributed by atoms with Crippen LogP contribution in [0.25, 0.3) is 10.9 Å².